The van der Waals surface area contributed by atoms with Crippen LogP contribution in [0.15, 0.2) is 30.5 Å². The average molecular weight is 450 g/mol. The van der Waals surface area contributed by atoms with Gasteiger partial charge in [0.1, 0.15) is 36.5 Å². The van der Waals surface area contributed by atoms with Crippen LogP contribution in [0.3, 0.4) is 0 Å². The second kappa shape index (κ2) is 9.83. The predicted octanol–water partition coefficient (Wildman–Crippen LogP) is 0.735. The second-order valence-electron chi connectivity index (χ2n) is 7.17. The van der Waals surface area contributed by atoms with Crippen LogP contribution in [0, 0.1) is 5.82 Å². The van der Waals surface area contributed by atoms with E-state index in [1.54, 1.807) is 6.07 Å². The molecule has 1 saturated heterocycles. The normalized spacial score (nSPS) is 25.1. The summed E-state index contributed by atoms with van der Waals surface area (Å²) < 4.78 is 36.4. The van der Waals surface area contributed by atoms with Crippen LogP contribution in [0.1, 0.15) is 26.8 Å². The summed E-state index contributed by atoms with van der Waals surface area (Å²) in [6, 6.07) is 4.76. The summed E-state index contributed by atoms with van der Waals surface area (Å²) in [7, 11) is 0. The smallest absolute Gasteiger partial charge is 0.303 e. The van der Waals surface area contributed by atoms with Crippen LogP contribution >= 0.6 is 0 Å². The van der Waals surface area contributed by atoms with Gasteiger partial charge in [-0.1, -0.05) is 17.3 Å². The molecule has 3 rings (SSSR count). The molecule has 11 nitrogen and oxygen atoms in total. The number of carbonyl (C=O) groups is 3. The molecule has 1 aliphatic rings. The van der Waals surface area contributed by atoms with Crippen molar-refractivity contribution in [2.75, 3.05) is 6.61 Å². The van der Waals surface area contributed by atoms with Gasteiger partial charge < -0.3 is 24.7 Å². The SMILES string of the molecule is CC(=O)OC[C@H]1OC(N)[C@H](OC(C)=O)[C@@H](n2cc(-c3cccc(F)c3)nn2)[C@H]1OC(C)=O. The highest BCUT2D eigenvalue weighted by Gasteiger charge is 2.50. The lowest BCUT2D eigenvalue weighted by molar-refractivity contribution is -0.227. The molecule has 1 fully saturated rings. The summed E-state index contributed by atoms with van der Waals surface area (Å²) in [5, 5.41) is 8.12. The third-order valence-corrected chi connectivity index (χ3v) is 4.69. The number of rotatable bonds is 6. The molecule has 12 heteroatoms. The van der Waals surface area contributed by atoms with E-state index in [0.29, 0.717) is 11.3 Å². The van der Waals surface area contributed by atoms with Gasteiger partial charge in [0.05, 0.1) is 6.20 Å². The number of halogens is 1. The number of ether oxygens (including phenoxy) is 4. The van der Waals surface area contributed by atoms with Crippen LogP contribution in [-0.4, -0.2) is 64.0 Å². The lowest BCUT2D eigenvalue weighted by atomic mass is 9.95. The molecule has 0 saturated carbocycles. The first-order valence-corrected chi connectivity index (χ1v) is 9.72. The third kappa shape index (κ3) is 5.45. The second-order valence-corrected chi connectivity index (χ2v) is 7.17. The monoisotopic (exact) mass is 450 g/mol. The van der Waals surface area contributed by atoms with E-state index in [-0.39, 0.29) is 6.61 Å². The van der Waals surface area contributed by atoms with Gasteiger partial charge in [-0.15, -0.1) is 5.10 Å². The maximum absolute atomic E-state index is 13.6. The molecule has 32 heavy (non-hydrogen) atoms. The largest absolute Gasteiger partial charge is 0.463 e. The third-order valence-electron chi connectivity index (χ3n) is 4.69. The van der Waals surface area contributed by atoms with Crippen molar-refractivity contribution in [2.45, 2.75) is 51.4 Å². The van der Waals surface area contributed by atoms with Crippen LogP contribution < -0.4 is 5.73 Å². The fourth-order valence-corrected chi connectivity index (χ4v) is 3.46. The zero-order valence-electron chi connectivity index (χ0n) is 17.6. The Morgan fingerprint density at radius 3 is 2.44 bits per heavy atom. The first kappa shape index (κ1) is 23.3. The van der Waals surface area contributed by atoms with E-state index in [1.807, 2.05) is 0 Å². The Hall–Kier alpha value is -3.38. The number of esters is 3. The minimum Gasteiger partial charge on any atom is -0.463 e. The quantitative estimate of drug-likeness (QED) is 0.494. The molecule has 2 N–H and O–H groups in total. The van der Waals surface area contributed by atoms with Gasteiger partial charge in [0.2, 0.25) is 0 Å². The maximum atomic E-state index is 13.6. The van der Waals surface area contributed by atoms with Crippen LogP contribution in [-0.2, 0) is 33.3 Å². The Balaban J connectivity index is 2.02. The van der Waals surface area contributed by atoms with E-state index >= 15 is 0 Å². The minimum absolute atomic E-state index is 0.268. The van der Waals surface area contributed by atoms with Crippen molar-refractivity contribution in [2.24, 2.45) is 5.73 Å². The summed E-state index contributed by atoms with van der Waals surface area (Å²) in [4.78, 5) is 34.9. The summed E-state index contributed by atoms with van der Waals surface area (Å²) in [5.74, 6) is -2.33. The Bertz CT molecular complexity index is 998. The van der Waals surface area contributed by atoms with Crippen molar-refractivity contribution in [1.82, 2.24) is 15.0 Å². The van der Waals surface area contributed by atoms with Gasteiger partial charge in [-0.3, -0.25) is 14.4 Å². The molecule has 0 bridgehead atoms. The average Bonchev–Trinajstić information content (AvgIpc) is 3.18. The van der Waals surface area contributed by atoms with Crippen molar-refractivity contribution in [3.63, 3.8) is 0 Å². The summed E-state index contributed by atoms with van der Waals surface area (Å²) in [6.45, 7) is 3.32. The lowest BCUT2D eigenvalue weighted by Gasteiger charge is -2.43. The molecule has 0 radical (unpaired) electrons. The number of benzene rings is 1. The van der Waals surface area contributed by atoms with Gasteiger partial charge in [-0.25, -0.2) is 9.07 Å². The molecule has 2 heterocycles. The molecular formula is C20H23FN4O7. The van der Waals surface area contributed by atoms with Crippen molar-refractivity contribution in [3.05, 3.63) is 36.3 Å². The highest BCUT2D eigenvalue weighted by Crippen LogP contribution is 2.34. The van der Waals surface area contributed by atoms with E-state index in [2.05, 4.69) is 10.3 Å². The zero-order valence-corrected chi connectivity index (χ0v) is 17.6. The maximum Gasteiger partial charge on any atom is 0.303 e. The predicted molar refractivity (Wildman–Crippen MR) is 105 cm³/mol. The Kier molecular flexibility index (Phi) is 7.15. The van der Waals surface area contributed by atoms with E-state index in [0.717, 1.165) is 0 Å². The van der Waals surface area contributed by atoms with Crippen molar-refractivity contribution in [3.8, 4) is 11.3 Å². The first-order chi connectivity index (χ1) is 15.2. The highest BCUT2D eigenvalue weighted by molar-refractivity contribution is 5.67. The number of aromatic nitrogens is 3. The number of nitrogens with two attached hydrogens (primary N) is 1. The molecule has 172 valence electrons. The van der Waals surface area contributed by atoms with E-state index in [9.17, 15) is 18.8 Å². The molecular weight excluding hydrogens is 427 g/mol. The number of hydrogen-bond acceptors (Lipinski definition) is 10. The van der Waals surface area contributed by atoms with Gasteiger partial charge in [-0.05, 0) is 12.1 Å². The summed E-state index contributed by atoms with van der Waals surface area (Å²) >= 11 is 0. The minimum atomic E-state index is -1.15. The Morgan fingerprint density at radius 2 is 1.81 bits per heavy atom. The molecule has 2 aromatic rings. The van der Waals surface area contributed by atoms with Gasteiger partial charge in [-0.2, -0.15) is 0 Å². The van der Waals surface area contributed by atoms with Gasteiger partial charge in [0.25, 0.3) is 0 Å². The molecule has 1 unspecified atom stereocenters. The first-order valence-electron chi connectivity index (χ1n) is 9.72. The molecule has 1 aliphatic heterocycles. The summed E-state index contributed by atoms with van der Waals surface area (Å²) in [5.41, 5.74) is 6.87. The van der Waals surface area contributed by atoms with Crippen LogP contribution in [0.4, 0.5) is 4.39 Å². The molecule has 1 aromatic carbocycles. The van der Waals surface area contributed by atoms with Gasteiger partial charge in [0.15, 0.2) is 12.2 Å². The van der Waals surface area contributed by atoms with E-state index in [4.69, 9.17) is 24.7 Å². The zero-order chi connectivity index (χ0) is 23.4. The van der Waals surface area contributed by atoms with Crippen molar-refractivity contribution >= 4 is 17.9 Å². The number of carbonyl (C=O) groups excluding carboxylic acids is 3. The van der Waals surface area contributed by atoms with Gasteiger partial charge >= 0.3 is 17.9 Å². The van der Waals surface area contributed by atoms with Crippen molar-refractivity contribution in [1.29, 1.82) is 0 Å². The lowest BCUT2D eigenvalue weighted by Crippen LogP contribution is -2.61. The van der Waals surface area contributed by atoms with Crippen LogP contribution in [0.2, 0.25) is 0 Å². The molecule has 0 aliphatic carbocycles. The summed E-state index contributed by atoms with van der Waals surface area (Å²) in [6.07, 6.45) is -2.87. The topological polar surface area (TPSA) is 145 Å². The fourth-order valence-electron chi connectivity index (χ4n) is 3.46. The van der Waals surface area contributed by atoms with E-state index in [1.165, 1.54) is 49.8 Å². The Morgan fingerprint density at radius 1 is 1.12 bits per heavy atom. The van der Waals surface area contributed by atoms with E-state index < -0.39 is 54.3 Å². The van der Waals surface area contributed by atoms with Crippen molar-refractivity contribution < 1.29 is 37.7 Å². The van der Waals surface area contributed by atoms with Gasteiger partial charge in [0, 0.05) is 26.3 Å². The Labute approximate surface area is 182 Å². The van der Waals surface area contributed by atoms with Crippen LogP contribution in [0.5, 0.6) is 0 Å². The van der Waals surface area contributed by atoms with Crippen LogP contribution in [0.25, 0.3) is 11.3 Å². The standard InChI is InChI=1S/C20H23FN4O7/c1-10(26)29-9-16-18(30-11(2)27)17(19(20(22)32-16)31-12(3)28)25-8-15(23-24-25)13-5-4-6-14(21)7-13/h4-8,16-20H,9,22H2,1-3H3/t16-,17+,18+,19-,20?/m1/s1. The molecule has 5 atom stereocenters. The molecule has 1 aromatic heterocycles. The molecule has 0 spiro atoms. The fraction of sp³-hybridized carbons (Fsp3) is 0.450. The molecule has 0 amide bonds. The number of hydrogen-bond donors (Lipinski definition) is 1. The highest BCUT2D eigenvalue weighted by atomic mass is 19.1. The number of nitrogens with zero attached hydrogens (tertiary/aromatic N) is 3.